The van der Waals surface area contributed by atoms with Gasteiger partial charge in [-0.2, -0.15) is 0 Å². The molecule has 2 N–H and O–H groups in total. The number of hydrogen-bond donors (Lipinski definition) is 2. The molecule has 0 radical (unpaired) electrons. The summed E-state index contributed by atoms with van der Waals surface area (Å²) in [7, 11) is 0. The normalized spacial score (nSPS) is 13.3. The monoisotopic (exact) mass is 295 g/mol. The molecule has 1 aromatic rings. The summed E-state index contributed by atoms with van der Waals surface area (Å²) in [5, 5.41) is 12.7. The molecule has 1 amide bonds. The second kappa shape index (κ2) is 8.52. The standard InChI is InChI=1S/C16H25NO4/c1-4-10-16(3,19)12-17-15(18)11-21-14-9-7-6-8-13(14)20-5-2/h6-9,19H,4-5,10-12H2,1-3H3,(H,17,18). The van der Waals surface area contributed by atoms with E-state index in [1.54, 1.807) is 19.1 Å². The average Bonchev–Trinajstić information content (AvgIpc) is 2.44. The Balaban J connectivity index is 2.43. The van der Waals surface area contributed by atoms with E-state index in [0.29, 0.717) is 24.5 Å². The predicted octanol–water partition coefficient (Wildman–Crippen LogP) is 2.13. The minimum Gasteiger partial charge on any atom is -0.490 e. The molecule has 0 fully saturated rings. The van der Waals surface area contributed by atoms with E-state index in [4.69, 9.17) is 9.47 Å². The zero-order chi connectivity index (χ0) is 15.7. The van der Waals surface area contributed by atoms with Crippen LogP contribution >= 0.6 is 0 Å². The number of para-hydroxylation sites is 2. The van der Waals surface area contributed by atoms with Gasteiger partial charge in [0, 0.05) is 6.54 Å². The van der Waals surface area contributed by atoms with Gasteiger partial charge in [0.05, 0.1) is 12.2 Å². The van der Waals surface area contributed by atoms with Crippen LogP contribution in [0.15, 0.2) is 24.3 Å². The Morgan fingerprint density at radius 1 is 1.24 bits per heavy atom. The van der Waals surface area contributed by atoms with E-state index in [1.807, 2.05) is 26.0 Å². The van der Waals surface area contributed by atoms with E-state index in [0.717, 1.165) is 6.42 Å². The van der Waals surface area contributed by atoms with E-state index in [-0.39, 0.29) is 19.1 Å². The average molecular weight is 295 g/mol. The number of aliphatic hydroxyl groups is 1. The molecule has 1 atom stereocenters. The SMILES string of the molecule is CCCC(C)(O)CNC(=O)COc1ccccc1OCC. The summed E-state index contributed by atoms with van der Waals surface area (Å²) in [6.45, 7) is 6.24. The quantitative estimate of drug-likeness (QED) is 0.732. The topological polar surface area (TPSA) is 67.8 Å². The van der Waals surface area contributed by atoms with Crippen molar-refractivity contribution in [3.05, 3.63) is 24.3 Å². The van der Waals surface area contributed by atoms with Crippen molar-refractivity contribution >= 4 is 5.91 Å². The number of rotatable bonds is 9. The van der Waals surface area contributed by atoms with Gasteiger partial charge in [0.15, 0.2) is 18.1 Å². The fourth-order valence-corrected chi connectivity index (χ4v) is 1.95. The van der Waals surface area contributed by atoms with E-state index in [9.17, 15) is 9.90 Å². The summed E-state index contributed by atoms with van der Waals surface area (Å²) >= 11 is 0. The van der Waals surface area contributed by atoms with Crippen LogP contribution in [0.1, 0.15) is 33.6 Å². The van der Waals surface area contributed by atoms with Crippen molar-refractivity contribution in [1.29, 1.82) is 0 Å². The highest BCUT2D eigenvalue weighted by Crippen LogP contribution is 2.26. The lowest BCUT2D eigenvalue weighted by atomic mass is 10.0. The molecule has 0 aliphatic carbocycles. The lowest BCUT2D eigenvalue weighted by Crippen LogP contribution is -2.42. The third-order valence-electron chi connectivity index (χ3n) is 2.96. The van der Waals surface area contributed by atoms with Crippen molar-refractivity contribution in [2.45, 2.75) is 39.2 Å². The van der Waals surface area contributed by atoms with Gasteiger partial charge in [-0.15, -0.1) is 0 Å². The molecule has 0 saturated carbocycles. The number of benzene rings is 1. The maximum Gasteiger partial charge on any atom is 0.258 e. The lowest BCUT2D eigenvalue weighted by Gasteiger charge is -2.22. The van der Waals surface area contributed by atoms with Gasteiger partial charge >= 0.3 is 0 Å². The van der Waals surface area contributed by atoms with E-state index in [2.05, 4.69) is 5.32 Å². The van der Waals surface area contributed by atoms with Crippen molar-refractivity contribution in [1.82, 2.24) is 5.32 Å². The maximum atomic E-state index is 11.7. The highest BCUT2D eigenvalue weighted by atomic mass is 16.5. The zero-order valence-electron chi connectivity index (χ0n) is 13.0. The van der Waals surface area contributed by atoms with Gasteiger partial charge < -0.3 is 19.9 Å². The van der Waals surface area contributed by atoms with Gasteiger partial charge in [-0.1, -0.05) is 25.5 Å². The highest BCUT2D eigenvalue weighted by Gasteiger charge is 2.20. The molecule has 0 spiro atoms. The molecule has 0 heterocycles. The molecule has 0 aliphatic rings. The first-order valence-corrected chi connectivity index (χ1v) is 7.32. The van der Waals surface area contributed by atoms with Gasteiger partial charge in [0.1, 0.15) is 0 Å². The first kappa shape index (κ1) is 17.3. The highest BCUT2D eigenvalue weighted by molar-refractivity contribution is 5.77. The third kappa shape index (κ3) is 6.49. The van der Waals surface area contributed by atoms with Crippen LogP contribution in [0.25, 0.3) is 0 Å². The summed E-state index contributed by atoms with van der Waals surface area (Å²) in [6.07, 6.45) is 1.50. The summed E-state index contributed by atoms with van der Waals surface area (Å²) in [5.74, 6) is 0.887. The number of carbonyl (C=O) groups is 1. The van der Waals surface area contributed by atoms with Crippen molar-refractivity contribution in [3.63, 3.8) is 0 Å². The third-order valence-corrected chi connectivity index (χ3v) is 2.96. The summed E-state index contributed by atoms with van der Waals surface area (Å²) < 4.78 is 10.9. The molecule has 1 aromatic carbocycles. The van der Waals surface area contributed by atoms with Crippen LogP contribution < -0.4 is 14.8 Å². The van der Waals surface area contributed by atoms with Crippen LogP contribution in [-0.2, 0) is 4.79 Å². The van der Waals surface area contributed by atoms with E-state index in [1.165, 1.54) is 0 Å². The van der Waals surface area contributed by atoms with E-state index < -0.39 is 5.60 Å². The van der Waals surface area contributed by atoms with Crippen LogP contribution in [0, 0.1) is 0 Å². The minimum absolute atomic E-state index is 0.105. The molecule has 1 unspecified atom stereocenters. The number of nitrogens with one attached hydrogen (secondary N) is 1. The number of hydrogen-bond acceptors (Lipinski definition) is 4. The fraction of sp³-hybridized carbons (Fsp3) is 0.562. The van der Waals surface area contributed by atoms with Crippen molar-refractivity contribution in [2.24, 2.45) is 0 Å². The summed E-state index contributed by atoms with van der Waals surface area (Å²) in [4.78, 5) is 11.7. The maximum absolute atomic E-state index is 11.7. The second-order valence-electron chi connectivity index (χ2n) is 5.19. The predicted molar refractivity (Wildman–Crippen MR) is 81.6 cm³/mol. The Hall–Kier alpha value is -1.75. The van der Waals surface area contributed by atoms with Gasteiger partial charge in [-0.05, 0) is 32.4 Å². The molecule has 0 aliphatic heterocycles. The van der Waals surface area contributed by atoms with Crippen molar-refractivity contribution < 1.29 is 19.4 Å². The van der Waals surface area contributed by atoms with Gasteiger partial charge in [-0.25, -0.2) is 0 Å². The Kier molecular flexibility index (Phi) is 7.02. The second-order valence-corrected chi connectivity index (χ2v) is 5.19. The lowest BCUT2D eigenvalue weighted by molar-refractivity contribution is -0.124. The van der Waals surface area contributed by atoms with Crippen molar-refractivity contribution in [2.75, 3.05) is 19.8 Å². The molecule has 0 bridgehead atoms. The van der Waals surface area contributed by atoms with Crippen LogP contribution in [0.3, 0.4) is 0 Å². The number of ether oxygens (including phenoxy) is 2. The number of amides is 1. The molecule has 0 saturated heterocycles. The Labute approximate surface area is 126 Å². The first-order chi connectivity index (χ1) is 9.98. The molecule has 5 heteroatoms. The Morgan fingerprint density at radius 2 is 1.86 bits per heavy atom. The molecular weight excluding hydrogens is 270 g/mol. The van der Waals surface area contributed by atoms with Crippen molar-refractivity contribution in [3.8, 4) is 11.5 Å². The summed E-state index contributed by atoms with van der Waals surface area (Å²) in [5.41, 5.74) is -0.881. The van der Waals surface area contributed by atoms with Gasteiger partial charge in [0.2, 0.25) is 0 Å². The first-order valence-electron chi connectivity index (χ1n) is 7.32. The van der Waals surface area contributed by atoms with Gasteiger partial charge in [-0.3, -0.25) is 4.79 Å². The van der Waals surface area contributed by atoms with Crippen LogP contribution in [0.5, 0.6) is 11.5 Å². The molecule has 0 aromatic heterocycles. The largest absolute Gasteiger partial charge is 0.490 e. The molecule has 118 valence electrons. The molecule has 1 rings (SSSR count). The minimum atomic E-state index is -0.881. The van der Waals surface area contributed by atoms with Crippen LogP contribution in [-0.4, -0.2) is 36.4 Å². The smallest absolute Gasteiger partial charge is 0.258 e. The molecular formula is C16H25NO4. The Bertz CT molecular complexity index is 446. The summed E-state index contributed by atoms with van der Waals surface area (Å²) in [6, 6.07) is 7.22. The molecule has 21 heavy (non-hydrogen) atoms. The molecule has 5 nitrogen and oxygen atoms in total. The zero-order valence-corrected chi connectivity index (χ0v) is 13.0. The van der Waals surface area contributed by atoms with E-state index >= 15 is 0 Å². The van der Waals surface area contributed by atoms with Crippen LogP contribution in [0.4, 0.5) is 0 Å². The Morgan fingerprint density at radius 3 is 2.43 bits per heavy atom. The fourth-order valence-electron chi connectivity index (χ4n) is 1.95. The number of carbonyl (C=O) groups excluding carboxylic acids is 1. The van der Waals surface area contributed by atoms with Crippen LogP contribution in [0.2, 0.25) is 0 Å². The van der Waals surface area contributed by atoms with Gasteiger partial charge in [0.25, 0.3) is 5.91 Å².